The fraction of sp³-hybridized carbons (Fsp3) is 0.688. The minimum atomic E-state index is -4.48. The molecule has 1 spiro atoms. The lowest BCUT2D eigenvalue weighted by molar-refractivity contribution is -0.141. The number of halogens is 3. The van der Waals surface area contributed by atoms with Crippen LogP contribution in [-0.4, -0.2) is 67.3 Å². The van der Waals surface area contributed by atoms with E-state index in [1.54, 1.807) is 7.05 Å². The smallest absolute Gasteiger partial charge is 0.381 e. The van der Waals surface area contributed by atoms with Crippen LogP contribution in [0.25, 0.3) is 0 Å². The summed E-state index contributed by atoms with van der Waals surface area (Å²) in [6.07, 6.45) is -1.22. The minimum absolute atomic E-state index is 0.0418. The van der Waals surface area contributed by atoms with Crippen LogP contribution in [0.4, 0.5) is 19.1 Å². The second kappa shape index (κ2) is 7.65. The molecule has 1 atom stereocenters. The summed E-state index contributed by atoms with van der Waals surface area (Å²) in [7, 11) is 1.72. The lowest BCUT2D eigenvalue weighted by Crippen LogP contribution is -2.43. The highest BCUT2D eigenvalue weighted by atomic mass is 19.4. The van der Waals surface area contributed by atoms with Crippen LogP contribution in [0.5, 0.6) is 0 Å². The maximum absolute atomic E-state index is 12.6. The molecule has 0 radical (unpaired) electrons. The Morgan fingerprint density at radius 2 is 2.23 bits per heavy atom. The van der Waals surface area contributed by atoms with Gasteiger partial charge >= 0.3 is 6.18 Å². The van der Waals surface area contributed by atoms with Crippen molar-refractivity contribution in [3.05, 3.63) is 18.0 Å². The van der Waals surface area contributed by atoms with Gasteiger partial charge in [-0.25, -0.2) is 9.97 Å². The van der Waals surface area contributed by atoms with Crippen molar-refractivity contribution in [3.63, 3.8) is 0 Å². The highest BCUT2D eigenvalue weighted by molar-refractivity contribution is 5.80. The molecule has 0 aromatic carbocycles. The number of hydrogen-bond donors (Lipinski definition) is 2. The largest absolute Gasteiger partial charge is 0.433 e. The molecule has 0 amide bonds. The Hall–Kier alpha value is -2.10. The number of rotatable bonds is 4. The van der Waals surface area contributed by atoms with E-state index in [0.717, 1.165) is 57.4 Å². The first-order valence-corrected chi connectivity index (χ1v) is 8.59. The molecule has 2 aliphatic rings. The second-order valence-corrected chi connectivity index (χ2v) is 6.64. The summed E-state index contributed by atoms with van der Waals surface area (Å²) in [5.74, 6) is 0.750. The van der Waals surface area contributed by atoms with Gasteiger partial charge in [0.1, 0.15) is 5.69 Å². The average molecular weight is 372 g/mol. The van der Waals surface area contributed by atoms with E-state index in [1.165, 1.54) is 0 Å². The van der Waals surface area contributed by atoms with E-state index >= 15 is 0 Å². The van der Waals surface area contributed by atoms with Crippen LogP contribution < -0.4 is 10.6 Å². The van der Waals surface area contributed by atoms with Crippen LogP contribution in [0, 0.1) is 5.41 Å². The zero-order chi connectivity index (χ0) is 18.6. The Kier molecular flexibility index (Phi) is 5.49. The average Bonchev–Trinajstić information content (AvgIpc) is 3.25. The topological polar surface area (TPSA) is 74.7 Å². The van der Waals surface area contributed by atoms with Gasteiger partial charge in [-0.3, -0.25) is 4.99 Å². The van der Waals surface area contributed by atoms with Crippen LogP contribution in [0.3, 0.4) is 0 Å². The van der Waals surface area contributed by atoms with Gasteiger partial charge in [0, 0.05) is 51.4 Å². The summed E-state index contributed by atoms with van der Waals surface area (Å²) >= 11 is 0. The molecule has 1 aromatic rings. The van der Waals surface area contributed by atoms with Gasteiger partial charge in [-0.05, 0) is 18.9 Å². The fourth-order valence-corrected chi connectivity index (χ4v) is 3.37. The van der Waals surface area contributed by atoms with Crippen LogP contribution >= 0.6 is 0 Å². The van der Waals surface area contributed by atoms with Crippen molar-refractivity contribution in [2.45, 2.75) is 19.0 Å². The van der Waals surface area contributed by atoms with E-state index in [9.17, 15) is 13.2 Å². The molecule has 1 aromatic heterocycles. The molecule has 2 N–H and O–H groups in total. The third kappa shape index (κ3) is 4.35. The Labute approximate surface area is 150 Å². The van der Waals surface area contributed by atoms with Crippen molar-refractivity contribution < 1.29 is 17.9 Å². The molecule has 7 nitrogen and oxygen atoms in total. The van der Waals surface area contributed by atoms with E-state index in [0.29, 0.717) is 13.1 Å². The standard InChI is InChI=1S/C16H23F3N6O/c1-20-14(25-8-3-15(10-25)4-9-26-11-15)23-7-6-22-13-21-5-2-12(24-13)16(17,18)19/h2,5H,3-4,6-11H2,1H3,(H,20,23)(H,21,22,24). The molecule has 2 fully saturated rings. The van der Waals surface area contributed by atoms with E-state index < -0.39 is 11.9 Å². The number of guanidine groups is 1. The van der Waals surface area contributed by atoms with E-state index in [1.807, 2.05) is 0 Å². The molecular weight excluding hydrogens is 349 g/mol. The Balaban J connectivity index is 1.45. The van der Waals surface area contributed by atoms with Crippen LogP contribution in [-0.2, 0) is 10.9 Å². The number of nitrogens with one attached hydrogen (secondary N) is 2. The maximum atomic E-state index is 12.6. The maximum Gasteiger partial charge on any atom is 0.433 e. The van der Waals surface area contributed by atoms with E-state index in [-0.39, 0.29) is 11.4 Å². The lowest BCUT2D eigenvalue weighted by atomic mass is 9.87. The normalized spacial score (nSPS) is 23.7. The van der Waals surface area contributed by atoms with Crippen molar-refractivity contribution in [2.24, 2.45) is 10.4 Å². The van der Waals surface area contributed by atoms with Crippen molar-refractivity contribution in [1.82, 2.24) is 20.2 Å². The number of likely N-dealkylation sites (tertiary alicyclic amines) is 1. The number of alkyl halides is 3. The minimum Gasteiger partial charge on any atom is -0.381 e. The van der Waals surface area contributed by atoms with Crippen LogP contribution in [0.15, 0.2) is 17.3 Å². The molecule has 0 saturated carbocycles. The quantitative estimate of drug-likeness (QED) is 0.475. The van der Waals surface area contributed by atoms with Crippen LogP contribution in [0.2, 0.25) is 0 Å². The fourth-order valence-electron chi connectivity index (χ4n) is 3.37. The van der Waals surface area contributed by atoms with Crippen molar-refractivity contribution in [3.8, 4) is 0 Å². The summed E-state index contributed by atoms with van der Waals surface area (Å²) in [6.45, 7) is 4.33. The third-order valence-electron chi connectivity index (χ3n) is 4.77. The van der Waals surface area contributed by atoms with Gasteiger partial charge in [-0.2, -0.15) is 13.2 Å². The number of anilines is 1. The summed E-state index contributed by atoms with van der Waals surface area (Å²) in [4.78, 5) is 13.8. The molecule has 26 heavy (non-hydrogen) atoms. The molecule has 3 heterocycles. The predicted octanol–water partition coefficient (Wildman–Crippen LogP) is 1.60. The number of aliphatic imine (C=N–C) groups is 1. The van der Waals surface area contributed by atoms with Gasteiger partial charge in [-0.1, -0.05) is 0 Å². The Morgan fingerprint density at radius 1 is 1.38 bits per heavy atom. The molecule has 0 bridgehead atoms. The summed E-state index contributed by atoms with van der Waals surface area (Å²) in [6, 6.07) is 0.848. The molecule has 1 unspecified atom stereocenters. The zero-order valence-corrected chi connectivity index (χ0v) is 14.6. The SMILES string of the molecule is CN=C(NCCNc1nccc(C(F)(F)F)n1)N1CCC2(CCOC2)C1. The van der Waals surface area contributed by atoms with E-state index in [2.05, 4.69) is 30.5 Å². The molecule has 144 valence electrons. The summed E-state index contributed by atoms with van der Waals surface area (Å²) in [5.41, 5.74) is -0.721. The molecule has 2 aliphatic heterocycles. The molecule has 2 saturated heterocycles. The molecular formula is C16H23F3N6O. The molecule has 0 aliphatic carbocycles. The first-order valence-electron chi connectivity index (χ1n) is 8.59. The monoisotopic (exact) mass is 372 g/mol. The summed E-state index contributed by atoms with van der Waals surface area (Å²) in [5, 5.41) is 6.03. The number of ether oxygens (including phenoxy) is 1. The zero-order valence-electron chi connectivity index (χ0n) is 14.6. The van der Waals surface area contributed by atoms with Crippen LogP contribution in [0.1, 0.15) is 18.5 Å². The van der Waals surface area contributed by atoms with Gasteiger partial charge in [0.05, 0.1) is 6.61 Å². The Bertz CT molecular complexity index is 645. The Morgan fingerprint density at radius 3 is 2.92 bits per heavy atom. The summed E-state index contributed by atoms with van der Waals surface area (Å²) < 4.78 is 43.5. The third-order valence-corrected chi connectivity index (χ3v) is 4.77. The van der Waals surface area contributed by atoms with Gasteiger partial charge in [-0.15, -0.1) is 0 Å². The number of nitrogens with zero attached hydrogens (tertiary/aromatic N) is 4. The van der Waals surface area contributed by atoms with Gasteiger partial charge in [0.2, 0.25) is 5.95 Å². The highest BCUT2D eigenvalue weighted by Crippen LogP contribution is 2.38. The number of hydrogen-bond acceptors (Lipinski definition) is 5. The number of aromatic nitrogens is 2. The van der Waals surface area contributed by atoms with E-state index in [4.69, 9.17) is 4.74 Å². The molecule has 10 heteroatoms. The van der Waals surface area contributed by atoms with Gasteiger partial charge in [0.25, 0.3) is 0 Å². The predicted molar refractivity (Wildman–Crippen MR) is 90.9 cm³/mol. The van der Waals surface area contributed by atoms with Crippen molar-refractivity contribution in [2.75, 3.05) is 51.8 Å². The van der Waals surface area contributed by atoms with Gasteiger partial charge < -0.3 is 20.3 Å². The second-order valence-electron chi connectivity index (χ2n) is 6.64. The highest BCUT2D eigenvalue weighted by Gasteiger charge is 2.42. The first-order chi connectivity index (χ1) is 12.4. The van der Waals surface area contributed by atoms with Crippen molar-refractivity contribution in [1.29, 1.82) is 0 Å². The van der Waals surface area contributed by atoms with Crippen molar-refractivity contribution >= 4 is 11.9 Å². The first kappa shape index (κ1) is 18.7. The molecule has 3 rings (SSSR count). The lowest BCUT2D eigenvalue weighted by Gasteiger charge is -2.25. The van der Waals surface area contributed by atoms with Gasteiger partial charge in [0.15, 0.2) is 5.96 Å².